The van der Waals surface area contributed by atoms with Gasteiger partial charge in [-0.3, -0.25) is 0 Å². The van der Waals surface area contributed by atoms with Crippen LogP contribution in [0, 0.1) is 0 Å². The first kappa shape index (κ1) is 16.2. The molecule has 0 bridgehead atoms. The van der Waals surface area contributed by atoms with Gasteiger partial charge < -0.3 is 14.8 Å². The third-order valence-electron chi connectivity index (χ3n) is 3.73. The summed E-state index contributed by atoms with van der Waals surface area (Å²) in [6.45, 7) is 4.23. The summed E-state index contributed by atoms with van der Waals surface area (Å²) in [5, 5.41) is 3.37. The second-order valence-electron chi connectivity index (χ2n) is 5.46. The second kappa shape index (κ2) is 7.63. The lowest BCUT2D eigenvalue weighted by Crippen LogP contribution is -2.35. The number of ether oxygens (including phenoxy) is 2. The predicted molar refractivity (Wildman–Crippen MR) is 79.4 cm³/mol. The number of likely N-dealkylation sites (N-methyl/N-ethyl adjacent to an activating group) is 1. The second-order valence-corrected chi connectivity index (χ2v) is 5.46. The Labute approximate surface area is 117 Å². The molecular formula is C16H27NO2. The molecule has 0 saturated carbocycles. The molecule has 1 aromatic rings. The Morgan fingerprint density at radius 1 is 1.16 bits per heavy atom. The van der Waals surface area contributed by atoms with Crippen molar-refractivity contribution in [2.75, 3.05) is 21.3 Å². The van der Waals surface area contributed by atoms with E-state index in [0.29, 0.717) is 0 Å². The molecule has 2 atom stereocenters. The van der Waals surface area contributed by atoms with Gasteiger partial charge in [0.05, 0.1) is 11.7 Å². The summed E-state index contributed by atoms with van der Waals surface area (Å²) in [7, 11) is 5.52. The lowest BCUT2D eigenvalue weighted by molar-refractivity contribution is 0.00252. The van der Waals surface area contributed by atoms with Crippen LogP contribution in [0.2, 0.25) is 0 Å². The van der Waals surface area contributed by atoms with Crippen molar-refractivity contribution in [2.24, 2.45) is 0 Å². The Bertz CT molecular complexity index is 351. The van der Waals surface area contributed by atoms with Crippen LogP contribution in [0.1, 0.15) is 38.4 Å². The molecule has 0 heterocycles. The third-order valence-corrected chi connectivity index (χ3v) is 3.73. The van der Waals surface area contributed by atoms with Crippen molar-refractivity contribution in [3.8, 4) is 0 Å². The van der Waals surface area contributed by atoms with Crippen molar-refractivity contribution >= 4 is 0 Å². The Morgan fingerprint density at radius 2 is 1.79 bits per heavy atom. The molecule has 0 aliphatic rings. The monoisotopic (exact) mass is 265 g/mol. The Balaban J connectivity index is 2.71. The molecule has 3 nitrogen and oxygen atoms in total. The largest absolute Gasteiger partial charge is 0.379 e. The van der Waals surface area contributed by atoms with Crippen LogP contribution < -0.4 is 5.32 Å². The van der Waals surface area contributed by atoms with E-state index in [4.69, 9.17) is 9.47 Å². The maximum Gasteiger partial charge on any atom is 0.0973 e. The molecule has 0 spiro atoms. The highest BCUT2D eigenvalue weighted by Crippen LogP contribution is 2.26. The molecule has 0 aliphatic carbocycles. The number of rotatable bonds is 8. The van der Waals surface area contributed by atoms with Crippen LogP contribution in [0.5, 0.6) is 0 Å². The molecule has 0 fully saturated rings. The maximum atomic E-state index is 5.68. The van der Waals surface area contributed by atoms with Crippen molar-refractivity contribution < 1.29 is 9.47 Å². The number of hydrogen-bond acceptors (Lipinski definition) is 3. The van der Waals surface area contributed by atoms with E-state index in [9.17, 15) is 0 Å². The summed E-state index contributed by atoms with van der Waals surface area (Å²) >= 11 is 0. The number of hydrogen-bond donors (Lipinski definition) is 1. The molecule has 108 valence electrons. The molecular weight excluding hydrogens is 238 g/mol. The van der Waals surface area contributed by atoms with Gasteiger partial charge in [0.1, 0.15) is 0 Å². The van der Waals surface area contributed by atoms with Gasteiger partial charge in [-0.15, -0.1) is 0 Å². The van der Waals surface area contributed by atoms with E-state index in [2.05, 4.69) is 31.3 Å². The molecule has 0 aromatic heterocycles. The van der Waals surface area contributed by atoms with Gasteiger partial charge in [-0.05, 0) is 39.3 Å². The van der Waals surface area contributed by atoms with E-state index in [-0.39, 0.29) is 17.7 Å². The van der Waals surface area contributed by atoms with Crippen molar-refractivity contribution in [2.45, 2.75) is 44.4 Å². The summed E-state index contributed by atoms with van der Waals surface area (Å²) in [5.41, 5.74) is 1.11. The van der Waals surface area contributed by atoms with E-state index >= 15 is 0 Å². The maximum absolute atomic E-state index is 5.68. The average Bonchev–Trinajstić information content (AvgIpc) is 2.44. The lowest BCUT2D eigenvalue weighted by atomic mass is 9.93. The van der Waals surface area contributed by atoms with Crippen LogP contribution in [0.4, 0.5) is 0 Å². The van der Waals surface area contributed by atoms with Crippen LogP contribution in [-0.2, 0) is 9.47 Å². The molecule has 1 rings (SSSR count). The molecule has 0 radical (unpaired) electrons. The van der Waals surface area contributed by atoms with Gasteiger partial charge in [-0.25, -0.2) is 0 Å². The summed E-state index contributed by atoms with van der Waals surface area (Å²) in [5.74, 6) is 0. The van der Waals surface area contributed by atoms with E-state index in [0.717, 1.165) is 12.8 Å². The van der Waals surface area contributed by atoms with Gasteiger partial charge in [0.25, 0.3) is 0 Å². The van der Waals surface area contributed by atoms with Gasteiger partial charge in [-0.1, -0.05) is 30.3 Å². The fourth-order valence-electron chi connectivity index (χ4n) is 2.23. The molecule has 2 unspecified atom stereocenters. The van der Waals surface area contributed by atoms with E-state index in [1.54, 1.807) is 14.2 Å². The quantitative estimate of drug-likeness (QED) is 0.783. The minimum absolute atomic E-state index is 0.0684. The average molecular weight is 265 g/mol. The molecule has 1 aromatic carbocycles. The fraction of sp³-hybridized carbons (Fsp3) is 0.625. The Hall–Kier alpha value is -0.900. The third kappa shape index (κ3) is 4.94. The van der Waals surface area contributed by atoms with Crippen molar-refractivity contribution in [3.63, 3.8) is 0 Å². The van der Waals surface area contributed by atoms with Gasteiger partial charge in [-0.2, -0.15) is 0 Å². The summed E-state index contributed by atoms with van der Waals surface area (Å²) < 4.78 is 11.2. The zero-order chi connectivity index (χ0) is 14.3. The first-order valence-corrected chi connectivity index (χ1v) is 6.84. The highest BCUT2D eigenvalue weighted by Gasteiger charge is 2.25. The SMILES string of the molecule is CNC(CCC(C)(C)OC)C(OC)c1ccccc1. The molecule has 0 aliphatic heterocycles. The van der Waals surface area contributed by atoms with E-state index in [1.165, 1.54) is 5.56 Å². The van der Waals surface area contributed by atoms with Gasteiger partial charge in [0.15, 0.2) is 0 Å². The van der Waals surface area contributed by atoms with Crippen molar-refractivity contribution in [1.82, 2.24) is 5.32 Å². The van der Waals surface area contributed by atoms with Crippen molar-refractivity contribution in [3.05, 3.63) is 35.9 Å². The van der Waals surface area contributed by atoms with Crippen LogP contribution in [0.25, 0.3) is 0 Å². The summed E-state index contributed by atoms with van der Waals surface area (Å²) in [4.78, 5) is 0. The van der Waals surface area contributed by atoms with Gasteiger partial charge in [0, 0.05) is 20.3 Å². The highest BCUT2D eigenvalue weighted by molar-refractivity contribution is 5.19. The highest BCUT2D eigenvalue weighted by atomic mass is 16.5. The smallest absolute Gasteiger partial charge is 0.0973 e. The molecule has 0 amide bonds. The number of methoxy groups -OCH3 is 2. The van der Waals surface area contributed by atoms with Gasteiger partial charge >= 0.3 is 0 Å². The summed E-state index contributed by atoms with van der Waals surface area (Å²) in [6.07, 6.45) is 2.06. The normalized spacial score (nSPS) is 15.2. The zero-order valence-corrected chi connectivity index (χ0v) is 12.8. The molecule has 0 saturated heterocycles. The van der Waals surface area contributed by atoms with Crippen molar-refractivity contribution in [1.29, 1.82) is 0 Å². The first-order chi connectivity index (χ1) is 9.04. The molecule has 1 N–H and O–H groups in total. The Kier molecular flexibility index (Phi) is 6.49. The number of benzene rings is 1. The van der Waals surface area contributed by atoms with Crippen LogP contribution in [0.15, 0.2) is 30.3 Å². The first-order valence-electron chi connectivity index (χ1n) is 6.84. The summed E-state index contributed by atoms with van der Waals surface area (Å²) in [6, 6.07) is 10.6. The van der Waals surface area contributed by atoms with Crippen LogP contribution >= 0.6 is 0 Å². The van der Waals surface area contributed by atoms with Gasteiger partial charge in [0.2, 0.25) is 0 Å². The molecule has 19 heavy (non-hydrogen) atoms. The predicted octanol–water partition coefficient (Wildman–Crippen LogP) is 3.17. The topological polar surface area (TPSA) is 30.5 Å². The Morgan fingerprint density at radius 3 is 2.26 bits per heavy atom. The lowest BCUT2D eigenvalue weighted by Gasteiger charge is -2.30. The number of nitrogens with one attached hydrogen (secondary N) is 1. The zero-order valence-electron chi connectivity index (χ0n) is 12.8. The van der Waals surface area contributed by atoms with E-state index < -0.39 is 0 Å². The fourth-order valence-corrected chi connectivity index (χ4v) is 2.23. The van der Waals surface area contributed by atoms with E-state index in [1.807, 2.05) is 25.2 Å². The van der Waals surface area contributed by atoms with Crippen LogP contribution in [-0.4, -0.2) is 32.9 Å². The van der Waals surface area contributed by atoms with Crippen LogP contribution in [0.3, 0.4) is 0 Å². The standard InChI is InChI=1S/C16H27NO2/c1-16(2,19-5)12-11-14(17-3)15(18-4)13-9-7-6-8-10-13/h6-10,14-15,17H,11-12H2,1-5H3. The minimum Gasteiger partial charge on any atom is -0.379 e. The molecule has 3 heteroatoms. The minimum atomic E-state index is -0.0932.